The molecule has 2 aromatic rings. The smallest absolute Gasteiger partial charge is 0.263 e. The van der Waals surface area contributed by atoms with E-state index in [-0.39, 0.29) is 5.91 Å². The zero-order valence-corrected chi connectivity index (χ0v) is 20.7. The quantitative estimate of drug-likeness (QED) is 0.493. The number of nitriles is 1. The molecule has 0 fully saturated rings. The maximum atomic E-state index is 12.6. The monoisotopic (exact) mass is 457 g/mol. The van der Waals surface area contributed by atoms with Crippen LogP contribution in [0, 0.1) is 18.3 Å². The largest absolute Gasteiger partial charge is 0.491 e. The highest BCUT2D eigenvalue weighted by atomic mass is 32.1. The molecule has 0 aliphatic heterocycles. The zero-order chi connectivity index (χ0) is 23.5. The van der Waals surface area contributed by atoms with Crippen molar-refractivity contribution >= 4 is 17.2 Å². The van der Waals surface area contributed by atoms with Crippen LogP contribution in [0.25, 0.3) is 10.6 Å². The summed E-state index contributed by atoms with van der Waals surface area (Å²) in [5.41, 5.74) is 1.98. The minimum atomic E-state index is -0.102. The first-order chi connectivity index (χ1) is 15.5. The number of carbonyl (C=O) groups is 1. The second kappa shape index (κ2) is 13.2. The number of likely N-dealkylation sites (N-methyl/N-ethyl adjacent to an activating group) is 2. The number of hydrogen-bond acceptors (Lipinski definition) is 7. The van der Waals surface area contributed by atoms with Crippen molar-refractivity contribution in [3.8, 4) is 22.4 Å². The second-order valence-corrected chi connectivity index (χ2v) is 8.41. The van der Waals surface area contributed by atoms with Crippen molar-refractivity contribution in [2.24, 2.45) is 0 Å². The van der Waals surface area contributed by atoms with Crippen LogP contribution >= 0.6 is 11.3 Å². The molecule has 2 rings (SSSR count). The summed E-state index contributed by atoms with van der Waals surface area (Å²) in [6.45, 7) is 17.0. The van der Waals surface area contributed by atoms with Crippen LogP contribution in [0.5, 0.6) is 5.75 Å². The molecule has 0 spiro atoms. The fourth-order valence-electron chi connectivity index (χ4n) is 3.38. The van der Waals surface area contributed by atoms with Gasteiger partial charge in [-0.05, 0) is 51.3 Å². The van der Waals surface area contributed by atoms with Crippen LogP contribution in [-0.4, -0.2) is 73.1 Å². The lowest BCUT2D eigenvalue weighted by atomic mass is 10.1. The first-order valence-electron chi connectivity index (χ1n) is 11.3. The van der Waals surface area contributed by atoms with E-state index in [4.69, 9.17) is 4.74 Å². The molecule has 8 heteroatoms. The first kappa shape index (κ1) is 25.8. The van der Waals surface area contributed by atoms with Crippen LogP contribution in [0.15, 0.2) is 18.2 Å². The molecule has 0 saturated carbocycles. The average Bonchev–Trinajstić information content (AvgIpc) is 3.21. The number of nitrogens with zero attached hydrogens (tertiary/aromatic N) is 4. The molecule has 1 amide bonds. The van der Waals surface area contributed by atoms with Gasteiger partial charge >= 0.3 is 0 Å². The van der Waals surface area contributed by atoms with Crippen LogP contribution < -0.4 is 10.1 Å². The Morgan fingerprint density at radius 1 is 1.12 bits per heavy atom. The zero-order valence-electron chi connectivity index (χ0n) is 19.9. The number of carbonyl (C=O) groups excluding carboxylic acids is 1. The summed E-state index contributed by atoms with van der Waals surface area (Å²) in [5.74, 6) is 0.473. The number of aromatic nitrogens is 1. The van der Waals surface area contributed by atoms with Gasteiger partial charge in [0.2, 0.25) is 0 Å². The summed E-state index contributed by atoms with van der Waals surface area (Å²) in [5, 5.41) is 13.3. The first-order valence-corrected chi connectivity index (χ1v) is 12.2. The molecule has 32 heavy (non-hydrogen) atoms. The standard InChI is InChI=1S/C24H35N5O2S/c1-6-28(7-2)13-12-26-23(30)22-18(5)27-24(32-22)19-10-11-21(20(16-19)17-25)31-15-14-29(8-3)9-4/h10-11,16H,6-9,12-15H2,1-5H3,(H,26,30). The third-order valence-electron chi connectivity index (χ3n) is 5.52. The highest BCUT2D eigenvalue weighted by Crippen LogP contribution is 2.31. The van der Waals surface area contributed by atoms with Gasteiger partial charge < -0.3 is 19.9 Å². The Morgan fingerprint density at radius 3 is 2.41 bits per heavy atom. The second-order valence-electron chi connectivity index (χ2n) is 7.41. The van der Waals surface area contributed by atoms with Crippen molar-refractivity contribution in [1.82, 2.24) is 20.1 Å². The number of benzene rings is 1. The van der Waals surface area contributed by atoms with E-state index in [1.54, 1.807) is 6.07 Å². The van der Waals surface area contributed by atoms with Crippen LogP contribution in [-0.2, 0) is 0 Å². The maximum absolute atomic E-state index is 12.6. The molecule has 1 aromatic heterocycles. The lowest BCUT2D eigenvalue weighted by molar-refractivity contribution is 0.0952. The molecule has 0 unspecified atom stereocenters. The molecule has 0 aliphatic carbocycles. The summed E-state index contributed by atoms with van der Waals surface area (Å²) in [6, 6.07) is 7.72. The van der Waals surface area contributed by atoms with Gasteiger partial charge in [0.15, 0.2) is 0 Å². The SMILES string of the molecule is CCN(CC)CCNC(=O)c1sc(-c2ccc(OCCN(CC)CC)c(C#N)c2)nc1C. The van der Waals surface area contributed by atoms with Gasteiger partial charge in [0, 0.05) is 25.2 Å². The molecular weight excluding hydrogens is 422 g/mol. The van der Waals surface area contributed by atoms with Gasteiger partial charge in [-0.2, -0.15) is 5.26 Å². The van der Waals surface area contributed by atoms with Gasteiger partial charge in [-0.3, -0.25) is 4.79 Å². The molecule has 0 radical (unpaired) electrons. The van der Waals surface area contributed by atoms with E-state index in [2.05, 4.69) is 53.9 Å². The van der Waals surface area contributed by atoms with Crippen molar-refractivity contribution in [2.75, 3.05) is 52.4 Å². The summed E-state index contributed by atoms with van der Waals surface area (Å²) in [4.78, 5) is 22.4. The fraction of sp³-hybridized carbons (Fsp3) is 0.542. The van der Waals surface area contributed by atoms with Gasteiger partial charge in [-0.1, -0.05) is 27.7 Å². The molecule has 0 aliphatic rings. The molecule has 174 valence electrons. The summed E-state index contributed by atoms with van der Waals surface area (Å²) in [6.07, 6.45) is 0. The summed E-state index contributed by atoms with van der Waals surface area (Å²) in [7, 11) is 0. The third kappa shape index (κ3) is 7.02. The minimum absolute atomic E-state index is 0.102. The number of rotatable bonds is 13. The van der Waals surface area contributed by atoms with E-state index in [0.717, 1.165) is 49.8 Å². The minimum Gasteiger partial charge on any atom is -0.491 e. The van der Waals surface area contributed by atoms with Gasteiger partial charge in [-0.15, -0.1) is 11.3 Å². The van der Waals surface area contributed by atoms with Crippen LogP contribution in [0.2, 0.25) is 0 Å². The van der Waals surface area contributed by atoms with Gasteiger partial charge in [0.25, 0.3) is 5.91 Å². The van der Waals surface area contributed by atoms with Crippen LogP contribution in [0.4, 0.5) is 0 Å². The Kier molecular flexibility index (Phi) is 10.6. The normalized spacial score (nSPS) is 11.1. The third-order valence-corrected chi connectivity index (χ3v) is 6.72. The maximum Gasteiger partial charge on any atom is 0.263 e. The Hall–Kier alpha value is -2.47. The highest BCUT2D eigenvalue weighted by Gasteiger charge is 2.17. The van der Waals surface area contributed by atoms with E-state index in [9.17, 15) is 10.1 Å². The highest BCUT2D eigenvalue weighted by molar-refractivity contribution is 7.17. The fourth-order valence-corrected chi connectivity index (χ4v) is 4.36. The number of hydrogen-bond donors (Lipinski definition) is 1. The molecule has 1 aromatic carbocycles. The van der Waals surface area contributed by atoms with Gasteiger partial charge in [0.05, 0.1) is 11.3 Å². The van der Waals surface area contributed by atoms with E-state index >= 15 is 0 Å². The molecule has 7 nitrogen and oxygen atoms in total. The number of nitrogens with one attached hydrogen (secondary N) is 1. The van der Waals surface area contributed by atoms with E-state index in [0.29, 0.717) is 35.0 Å². The predicted molar refractivity (Wildman–Crippen MR) is 130 cm³/mol. The number of aryl methyl sites for hydroxylation is 1. The van der Waals surface area contributed by atoms with Gasteiger partial charge in [0.1, 0.15) is 28.3 Å². The number of thiazole rings is 1. The Labute approximate surface area is 196 Å². The van der Waals surface area contributed by atoms with Crippen molar-refractivity contribution < 1.29 is 9.53 Å². The molecule has 0 bridgehead atoms. The lowest BCUT2D eigenvalue weighted by Gasteiger charge is -2.18. The molecule has 0 atom stereocenters. The van der Waals surface area contributed by atoms with Crippen LogP contribution in [0.1, 0.15) is 48.6 Å². The molecule has 0 saturated heterocycles. The molecular formula is C24H35N5O2S. The Balaban J connectivity index is 2.07. The lowest BCUT2D eigenvalue weighted by Crippen LogP contribution is -2.34. The Bertz CT molecular complexity index is 914. The van der Waals surface area contributed by atoms with Crippen molar-refractivity contribution in [3.05, 3.63) is 34.3 Å². The Morgan fingerprint density at radius 2 is 1.78 bits per heavy atom. The van der Waals surface area contributed by atoms with Gasteiger partial charge in [-0.25, -0.2) is 4.98 Å². The van der Waals surface area contributed by atoms with E-state index in [1.807, 2.05) is 19.1 Å². The number of ether oxygens (including phenoxy) is 1. The number of amides is 1. The van der Waals surface area contributed by atoms with Crippen molar-refractivity contribution in [2.45, 2.75) is 34.6 Å². The van der Waals surface area contributed by atoms with Crippen LogP contribution in [0.3, 0.4) is 0 Å². The molecule has 1 heterocycles. The van der Waals surface area contributed by atoms with Crippen molar-refractivity contribution in [1.29, 1.82) is 5.26 Å². The van der Waals surface area contributed by atoms with E-state index < -0.39 is 0 Å². The van der Waals surface area contributed by atoms with Crippen molar-refractivity contribution in [3.63, 3.8) is 0 Å². The average molecular weight is 458 g/mol. The topological polar surface area (TPSA) is 81.5 Å². The summed E-state index contributed by atoms with van der Waals surface area (Å²) < 4.78 is 5.85. The summed E-state index contributed by atoms with van der Waals surface area (Å²) >= 11 is 1.35. The predicted octanol–water partition coefficient (Wildman–Crippen LogP) is 3.78. The van der Waals surface area contributed by atoms with E-state index in [1.165, 1.54) is 11.3 Å². The molecule has 1 N–H and O–H groups in total.